The zero-order valence-electron chi connectivity index (χ0n) is 26.4. The van der Waals surface area contributed by atoms with Gasteiger partial charge in [0.2, 0.25) is 0 Å². The minimum absolute atomic E-state index is 0.0175. The summed E-state index contributed by atoms with van der Waals surface area (Å²) >= 11 is 0. The third-order valence-electron chi connectivity index (χ3n) is 10.5. The molecule has 2 aromatic rings. The van der Waals surface area contributed by atoms with Crippen LogP contribution in [0.5, 0.6) is 0 Å². The highest BCUT2D eigenvalue weighted by Crippen LogP contribution is 2.35. The van der Waals surface area contributed by atoms with Crippen molar-refractivity contribution in [1.29, 1.82) is 0 Å². The van der Waals surface area contributed by atoms with E-state index in [0.29, 0.717) is 19.8 Å². The van der Waals surface area contributed by atoms with Crippen LogP contribution in [0, 0.1) is 29.6 Å². The Labute approximate surface area is 259 Å². The molecule has 0 N–H and O–H groups in total. The Balaban J connectivity index is 0.891. The molecule has 4 fully saturated rings. The summed E-state index contributed by atoms with van der Waals surface area (Å²) < 4.78 is 12.2. The van der Waals surface area contributed by atoms with E-state index in [0.717, 1.165) is 23.7 Å². The summed E-state index contributed by atoms with van der Waals surface area (Å²) in [5, 5.41) is 0. The topological polar surface area (TPSA) is 36.9 Å². The fraction of sp³-hybridized carbons (Fsp3) is 0.590. The van der Waals surface area contributed by atoms with Crippen LogP contribution in [0.25, 0.3) is 12.2 Å². The van der Waals surface area contributed by atoms with Crippen LogP contribution >= 0.6 is 0 Å². The van der Waals surface area contributed by atoms with Crippen molar-refractivity contribution in [3.05, 3.63) is 82.9 Å². The third-order valence-corrected chi connectivity index (χ3v) is 10.5. The lowest BCUT2D eigenvalue weighted by molar-refractivity contribution is -0.326. The van der Waals surface area contributed by atoms with Crippen molar-refractivity contribution in [2.45, 2.75) is 96.4 Å². The first-order chi connectivity index (χ1) is 21.1. The van der Waals surface area contributed by atoms with Gasteiger partial charge in [0, 0.05) is 5.92 Å². The molecule has 2 saturated heterocycles. The molecule has 2 aliphatic heterocycles. The maximum Gasteiger partial charge on any atom is 0.145 e. The first kappa shape index (κ1) is 30.8. The number of rotatable bonds is 11. The van der Waals surface area contributed by atoms with Gasteiger partial charge in [-0.05, 0) is 84.5 Å². The average Bonchev–Trinajstić information content (AvgIpc) is 3.62. The van der Waals surface area contributed by atoms with Crippen molar-refractivity contribution in [3.8, 4) is 0 Å². The fourth-order valence-corrected chi connectivity index (χ4v) is 7.59. The van der Waals surface area contributed by atoms with Crippen LogP contribution in [0.3, 0.4) is 0 Å². The van der Waals surface area contributed by atoms with Crippen LogP contribution in [-0.4, -0.2) is 38.1 Å². The van der Waals surface area contributed by atoms with Crippen molar-refractivity contribution in [3.63, 3.8) is 0 Å². The average molecular weight is 585 g/mol. The van der Waals surface area contributed by atoms with Crippen molar-refractivity contribution in [2.75, 3.05) is 19.8 Å². The van der Waals surface area contributed by atoms with Crippen LogP contribution in [0.4, 0.5) is 0 Å². The lowest BCUT2D eigenvalue weighted by atomic mass is 9.80. The van der Waals surface area contributed by atoms with E-state index < -0.39 is 0 Å². The van der Waals surface area contributed by atoms with E-state index in [1.807, 2.05) is 6.08 Å². The van der Waals surface area contributed by atoms with Crippen LogP contribution in [0.2, 0.25) is 0 Å². The van der Waals surface area contributed by atoms with E-state index >= 15 is 0 Å². The van der Waals surface area contributed by atoms with Crippen LogP contribution in [0.1, 0.15) is 87.5 Å². The highest BCUT2D eigenvalue weighted by molar-refractivity contribution is 5.51. The van der Waals surface area contributed by atoms with E-state index in [2.05, 4.69) is 80.6 Å². The monoisotopic (exact) mass is 584 g/mol. The van der Waals surface area contributed by atoms with Gasteiger partial charge in [-0.15, -0.1) is 0 Å². The number of hydrogen-bond acceptors (Lipinski definition) is 4. The number of hydrogen-bond donors (Lipinski definition) is 0. The van der Waals surface area contributed by atoms with Crippen molar-refractivity contribution in [2.24, 2.45) is 29.6 Å². The van der Waals surface area contributed by atoms with E-state index in [1.165, 1.54) is 86.5 Å². The van der Waals surface area contributed by atoms with E-state index in [4.69, 9.17) is 19.2 Å². The molecule has 4 aliphatic rings. The lowest BCUT2D eigenvalue weighted by Crippen LogP contribution is -2.31. The van der Waals surface area contributed by atoms with Gasteiger partial charge in [-0.1, -0.05) is 112 Å². The van der Waals surface area contributed by atoms with E-state index in [1.54, 1.807) is 0 Å². The molecule has 0 unspecified atom stereocenters. The standard InChI is InChI=1S/C39H52O4/c1-28-5-9-32(10-6-28)24-34-17-13-30(14-18-34)4-3-23-42-43-37-27-41-38-36(26-40-39(37)38)22-21-31-15-19-35(20-16-31)25-33-11-7-29(2)8-12-33/h3-4,13-22,28-29,32-33,36-39H,5-12,23-27H2,1-2H3/b4-3+,22-21?/t28?,29?,32?,33?,36-,37-,38+,39+/m0/s1. The fourth-order valence-electron chi connectivity index (χ4n) is 7.59. The summed E-state index contributed by atoms with van der Waals surface area (Å²) in [4.78, 5) is 11.3. The smallest absolute Gasteiger partial charge is 0.145 e. The van der Waals surface area contributed by atoms with Crippen molar-refractivity contribution >= 4 is 12.2 Å². The second-order valence-electron chi connectivity index (χ2n) is 14.1. The molecule has 0 amide bonds. The number of ether oxygens (including phenoxy) is 2. The Morgan fingerprint density at radius 2 is 1.19 bits per heavy atom. The van der Waals surface area contributed by atoms with Crippen LogP contribution in [-0.2, 0) is 32.1 Å². The Bertz CT molecular complexity index is 1170. The van der Waals surface area contributed by atoms with Gasteiger partial charge >= 0.3 is 0 Å². The molecular weight excluding hydrogens is 532 g/mol. The van der Waals surface area contributed by atoms with Gasteiger partial charge in [0.1, 0.15) is 18.8 Å². The highest BCUT2D eigenvalue weighted by atomic mass is 17.2. The van der Waals surface area contributed by atoms with E-state index in [-0.39, 0.29) is 24.2 Å². The maximum absolute atomic E-state index is 6.10. The van der Waals surface area contributed by atoms with Gasteiger partial charge < -0.3 is 9.47 Å². The first-order valence-corrected chi connectivity index (χ1v) is 17.1. The first-order valence-electron chi connectivity index (χ1n) is 17.1. The normalized spacial score (nSPS) is 33.0. The molecule has 4 atom stereocenters. The molecule has 2 aromatic carbocycles. The molecule has 6 rings (SSSR count). The summed E-state index contributed by atoms with van der Waals surface area (Å²) in [5.74, 6) is 3.77. The molecule has 4 heteroatoms. The summed E-state index contributed by atoms with van der Waals surface area (Å²) in [6.45, 7) is 6.33. The molecule has 0 bridgehead atoms. The summed E-state index contributed by atoms with van der Waals surface area (Å²) in [6, 6.07) is 18.1. The Morgan fingerprint density at radius 1 is 0.651 bits per heavy atom. The molecule has 2 heterocycles. The maximum atomic E-state index is 6.10. The van der Waals surface area contributed by atoms with Crippen LogP contribution < -0.4 is 0 Å². The van der Waals surface area contributed by atoms with E-state index in [9.17, 15) is 0 Å². The second kappa shape index (κ2) is 15.2. The Morgan fingerprint density at radius 3 is 1.77 bits per heavy atom. The van der Waals surface area contributed by atoms with Gasteiger partial charge in [0.25, 0.3) is 0 Å². The molecule has 0 spiro atoms. The molecule has 2 saturated carbocycles. The van der Waals surface area contributed by atoms with Crippen molar-refractivity contribution < 1.29 is 19.2 Å². The summed E-state index contributed by atoms with van der Waals surface area (Å²) in [5.41, 5.74) is 5.34. The van der Waals surface area contributed by atoms with Gasteiger partial charge in [0.15, 0.2) is 0 Å². The molecule has 0 radical (unpaired) electrons. The van der Waals surface area contributed by atoms with Gasteiger partial charge in [-0.2, -0.15) is 0 Å². The van der Waals surface area contributed by atoms with Gasteiger partial charge in [-0.3, -0.25) is 0 Å². The minimum atomic E-state index is -0.194. The summed E-state index contributed by atoms with van der Waals surface area (Å²) in [7, 11) is 0. The summed E-state index contributed by atoms with van der Waals surface area (Å²) in [6.07, 6.45) is 21.8. The molecule has 0 aromatic heterocycles. The molecule has 43 heavy (non-hydrogen) atoms. The van der Waals surface area contributed by atoms with Crippen LogP contribution in [0.15, 0.2) is 60.7 Å². The number of fused-ring (bicyclic) bond motifs is 1. The minimum Gasteiger partial charge on any atom is -0.372 e. The second-order valence-corrected chi connectivity index (χ2v) is 14.1. The molecule has 2 aliphatic carbocycles. The highest BCUT2D eigenvalue weighted by Gasteiger charge is 2.48. The van der Waals surface area contributed by atoms with Gasteiger partial charge in [0.05, 0.1) is 19.3 Å². The predicted octanol–water partition coefficient (Wildman–Crippen LogP) is 8.88. The lowest BCUT2D eigenvalue weighted by Gasteiger charge is -2.26. The van der Waals surface area contributed by atoms with Crippen molar-refractivity contribution in [1.82, 2.24) is 0 Å². The predicted molar refractivity (Wildman–Crippen MR) is 174 cm³/mol. The Kier molecular flexibility index (Phi) is 10.9. The molecule has 232 valence electrons. The SMILES string of the molecule is CC1CCC(Cc2ccc(C=C[C@H]3CO[C@H]4[C@@H]3OC[C@@H]4OOC/C=C/c3ccc(CC4CCC(C)CC4)cc3)cc2)CC1. The largest absolute Gasteiger partial charge is 0.372 e. The Hall–Kier alpha value is -2.24. The zero-order valence-corrected chi connectivity index (χ0v) is 26.4. The zero-order chi connectivity index (χ0) is 29.4. The number of benzene rings is 2. The quantitative estimate of drug-likeness (QED) is 0.150. The molecular formula is C39H52O4. The molecule has 4 nitrogen and oxygen atoms in total. The third kappa shape index (κ3) is 8.69. The van der Waals surface area contributed by atoms with Gasteiger partial charge in [-0.25, -0.2) is 9.78 Å².